The van der Waals surface area contributed by atoms with Gasteiger partial charge in [0.1, 0.15) is 13.2 Å². The first-order valence-electron chi connectivity index (χ1n) is 7.52. The number of ether oxygens (including phenoxy) is 2. The van der Waals surface area contributed by atoms with Crippen LogP contribution in [0.3, 0.4) is 0 Å². The van der Waals surface area contributed by atoms with Crippen LogP contribution in [0.2, 0.25) is 0 Å². The van der Waals surface area contributed by atoms with Crippen LogP contribution in [0.4, 0.5) is 0 Å². The van der Waals surface area contributed by atoms with Crippen LogP contribution >= 0.6 is 0 Å². The number of benzene rings is 1. The van der Waals surface area contributed by atoms with Crippen LogP contribution in [0.1, 0.15) is 37.7 Å². The number of hydrogen-bond acceptors (Lipinski definition) is 3. The van der Waals surface area contributed by atoms with Crippen molar-refractivity contribution in [3.63, 3.8) is 0 Å². The lowest BCUT2D eigenvalue weighted by atomic mass is 9.66. The highest BCUT2D eigenvalue weighted by Gasteiger charge is 2.45. The molecule has 0 bridgehead atoms. The van der Waals surface area contributed by atoms with Gasteiger partial charge in [-0.3, -0.25) is 0 Å². The Morgan fingerprint density at radius 1 is 1.05 bits per heavy atom. The zero-order valence-corrected chi connectivity index (χ0v) is 11.3. The Morgan fingerprint density at radius 3 is 2.89 bits per heavy atom. The summed E-state index contributed by atoms with van der Waals surface area (Å²) in [5.74, 6) is 1.85. The average molecular weight is 259 g/mol. The summed E-state index contributed by atoms with van der Waals surface area (Å²) in [6, 6.07) is 7.25. The van der Waals surface area contributed by atoms with Crippen LogP contribution in [0.5, 0.6) is 11.5 Å². The average Bonchev–Trinajstić information content (AvgIpc) is 2.92. The van der Waals surface area contributed by atoms with Crippen LogP contribution in [0.15, 0.2) is 18.2 Å². The van der Waals surface area contributed by atoms with Crippen LogP contribution in [-0.4, -0.2) is 25.8 Å². The Labute approximate surface area is 114 Å². The summed E-state index contributed by atoms with van der Waals surface area (Å²) in [6.45, 7) is 2.49. The molecular formula is C16H21NO2. The van der Waals surface area contributed by atoms with E-state index in [4.69, 9.17) is 9.47 Å². The van der Waals surface area contributed by atoms with E-state index >= 15 is 0 Å². The fourth-order valence-electron chi connectivity index (χ4n) is 4.15. The lowest BCUT2D eigenvalue weighted by Crippen LogP contribution is -2.42. The molecule has 19 heavy (non-hydrogen) atoms. The minimum Gasteiger partial charge on any atom is -0.486 e. The SMILES string of the molecule is c1cc2c(cc1C13CCCCC1NCC3)OCCO2. The van der Waals surface area contributed by atoms with Gasteiger partial charge >= 0.3 is 0 Å². The molecule has 0 spiro atoms. The normalized spacial score (nSPS) is 32.9. The minimum absolute atomic E-state index is 0.341. The van der Waals surface area contributed by atoms with Crippen molar-refractivity contribution in [1.29, 1.82) is 0 Å². The molecule has 102 valence electrons. The van der Waals surface area contributed by atoms with Gasteiger partial charge in [-0.2, -0.15) is 0 Å². The third kappa shape index (κ3) is 1.75. The third-order valence-electron chi connectivity index (χ3n) is 5.11. The summed E-state index contributed by atoms with van der Waals surface area (Å²) in [5.41, 5.74) is 1.79. The third-order valence-corrected chi connectivity index (χ3v) is 5.11. The molecule has 1 saturated heterocycles. The molecule has 0 radical (unpaired) electrons. The molecule has 1 N–H and O–H groups in total. The second kappa shape index (κ2) is 4.41. The maximum absolute atomic E-state index is 5.75. The Kier molecular flexibility index (Phi) is 2.69. The molecule has 1 saturated carbocycles. The van der Waals surface area contributed by atoms with E-state index in [1.54, 1.807) is 0 Å². The molecule has 2 fully saturated rings. The maximum Gasteiger partial charge on any atom is 0.161 e. The Hall–Kier alpha value is -1.22. The molecule has 0 amide bonds. The van der Waals surface area contributed by atoms with Crippen molar-refractivity contribution in [1.82, 2.24) is 5.32 Å². The minimum atomic E-state index is 0.341. The van der Waals surface area contributed by atoms with Crippen LogP contribution < -0.4 is 14.8 Å². The Balaban J connectivity index is 1.74. The van der Waals surface area contributed by atoms with Gasteiger partial charge in [-0.15, -0.1) is 0 Å². The zero-order valence-electron chi connectivity index (χ0n) is 11.3. The van der Waals surface area contributed by atoms with Crippen molar-refractivity contribution >= 4 is 0 Å². The number of rotatable bonds is 1. The van der Waals surface area contributed by atoms with E-state index in [1.807, 2.05) is 0 Å². The van der Waals surface area contributed by atoms with Gasteiger partial charge in [0.2, 0.25) is 0 Å². The van der Waals surface area contributed by atoms with Crippen molar-refractivity contribution in [2.75, 3.05) is 19.8 Å². The molecule has 3 nitrogen and oxygen atoms in total. The molecule has 0 aromatic heterocycles. The van der Waals surface area contributed by atoms with Gasteiger partial charge in [-0.1, -0.05) is 18.9 Å². The van der Waals surface area contributed by atoms with Crippen molar-refractivity contribution in [2.24, 2.45) is 0 Å². The second-order valence-electron chi connectivity index (χ2n) is 6.02. The first-order valence-corrected chi connectivity index (χ1v) is 7.52. The monoisotopic (exact) mass is 259 g/mol. The summed E-state index contributed by atoms with van der Waals surface area (Å²) in [4.78, 5) is 0. The number of nitrogens with one attached hydrogen (secondary N) is 1. The van der Waals surface area contributed by atoms with Crippen LogP contribution in [-0.2, 0) is 5.41 Å². The molecule has 2 heterocycles. The van der Waals surface area contributed by atoms with Gasteiger partial charge < -0.3 is 14.8 Å². The smallest absolute Gasteiger partial charge is 0.161 e. The largest absolute Gasteiger partial charge is 0.486 e. The fourth-order valence-corrected chi connectivity index (χ4v) is 4.15. The molecule has 1 aliphatic carbocycles. The number of hydrogen-bond donors (Lipinski definition) is 1. The van der Waals surface area contributed by atoms with E-state index in [0.29, 0.717) is 24.7 Å². The number of fused-ring (bicyclic) bond motifs is 2. The first kappa shape index (κ1) is 11.6. The van der Waals surface area contributed by atoms with E-state index < -0.39 is 0 Å². The summed E-state index contributed by atoms with van der Waals surface area (Å²) in [6.07, 6.45) is 6.60. The predicted molar refractivity (Wildman–Crippen MR) is 74.0 cm³/mol. The molecule has 2 aliphatic heterocycles. The molecular weight excluding hydrogens is 238 g/mol. The molecule has 2 unspecified atom stereocenters. The Morgan fingerprint density at radius 2 is 1.95 bits per heavy atom. The van der Waals surface area contributed by atoms with E-state index in [0.717, 1.165) is 18.0 Å². The van der Waals surface area contributed by atoms with E-state index in [1.165, 1.54) is 37.7 Å². The fraction of sp³-hybridized carbons (Fsp3) is 0.625. The van der Waals surface area contributed by atoms with E-state index in [2.05, 4.69) is 23.5 Å². The molecule has 4 rings (SSSR count). The summed E-state index contributed by atoms with van der Waals surface area (Å²) in [7, 11) is 0. The highest BCUT2D eigenvalue weighted by molar-refractivity contribution is 5.47. The Bertz CT molecular complexity index is 488. The predicted octanol–water partition coefficient (Wildman–Crippen LogP) is 2.63. The van der Waals surface area contributed by atoms with Crippen molar-refractivity contribution in [2.45, 2.75) is 43.6 Å². The zero-order chi connectivity index (χ0) is 12.7. The molecule has 1 aromatic rings. The molecule has 1 aromatic carbocycles. The topological polar surface area (TPSA) is 30.5 Å². The van der Waals surface area contributed by atoms with Crippen LogP contribution in [0, 0.1) is 0 Å². The van der Waals surface area contributed by atoms with Gasteiger partial charge in [0.05, 0.1) is 0 Å². The summed E-state index contributed by atoms with van der Waals surface area (Å²) < 4.78 is 11.4. The molecule has 3 aliphatic rings. The van der Waals surface area contributed by atoms with Gasteiger partial charge in [0.15, 0.2) is 11.5 Å². The maximum atomic E-state index is 5.75. The van der Waals surface area contributed by atoms with Crippen LogP contribution in [0.25, 0.3) is 0 Å². The highest BCUT2D eigenvalue weighted by Crippen LogP contribution is 2.47. The van der Waals surface area contributed by atoms with Gasteiger partial charge in [0.25, 0.3) is 0 Å². The van der Waals surface area contributed by atoms with Gasteiger partial charge in [-0.25, -0.2) is 0 Å². The summed E-state index contributed by atoms with van der Waals surface area (Å²) >= 11 is 0. The lowest BCUT2D eigenvalue weighted by Gasteiger charge is -2.40. The lowest BCUT2D eigenvalue weighted by molar-refractivity contribution is 0.170. The van der Waals surface area contributed by atoms with Gasteiger partial charge in [-0.05, 0) is 43.5 Å². The van der Waals surface area contributed by atoms with E-state index in [-0.39, 0.29) is 0 Å². The van der Waals surface area contributed by atoms with Crippen molar-refractivity contribution in [3.05, 3.63) is 23.8 Å². The highest BCUT2D eigenvalue weighted by atomic mass is 16.6. The van der Waals surface area contributed by atoms with Crippen molar-refractivity contribution < 1.29 is 9.47 Å². The summed E-state index contributed by atoms with van der Waals surface area (Å²) in [5, 5.41) is 3.71. The second-order valence-corrected chi connectivity index (χ2v) is 6.02. The molecule has 2 atom stereocenters. The molecule has 3 heteroatoms. The van der Waals surface area contributed by atoms with Gasteiger partial charge in [0, 0.05) is 11.5 Å². The van der Waals surface area contributed by atoms with E-state index in [9.17, 15) is 0 Å². The van der Waals surface area contributed by atoms with Crippen molar-refractivity contribution in [3.8, 4) is 11.5 Å². The standard InChI is InChI=1S/C16H21NO2/c1-2-6-16(7-8-17-15(16)3-1)12-4-5-13-14(11-12)19-10-9-18-13/h4-5,11,15,17H,1-3,6-10H2. The quantitative estimate of drug-likeness (QED) is 0.841. The first-order chi connectivity index (χ1) is 9.38.